The van der Waals surface area contributed by atoms with Crippen molar-refractivity contribution in [2.45, 2.75) is 26.0 Å². The first kappa shape index (κ1) is 18.3. The molecule has 0 saturated heterocycles. The topological polar surface area (TPSA) is 92.8 Å². The Morgan fingerprint density at radius 3 is 1.96 bits per heavy atom. The zero-order valence-corrected chi connectivity index (χ0v) is 14.8. The zero-order chi connectivity index (χ0) is 19.6. The van der Waals surface area contributed by atoms with E-state index in [1.807, 2.05) is 6.07 Å². The van der Waals surface area contributed by atoms with E-state index in [2.05, 4.69) is 5.32 Å². The number of nitrogens with zero attached hydrogens (tertiary/aromatic N) is 1. The number of ether oxygens (including phenoxy) is 1. The number of hydrogen-bond acceptors (Lipinski definition) is 5. The van der Waals surface area contributed by atoms with Crippen LogP contribution in [0, 0.1) is 0 Å². The highest BCUT2D eigenvalue weighted by Gasteiger charge is 2.41. The van der Waals surface area contributed by atoms with Crippen LogP contribution in [0.2, 0.25) is 0 Å². The third kappa shape index (κ3) is 3.57. The Morgan fingerprint density at radius 2 is 1.41 bits per heavy atom. The summed E-state index contributed by atoms with van der Waals surface area (Å²) >= 11 is 0. The summed E-state index contributed by atoms with van der Waals surface area (Å²) in [6.07, 6.45) is -1.09. The Kier molecular flexibility index (Phi) is 5.03. The number of imide groups is 1. The van der Waals surface area contributed by atoms with Gasteiger partial charge in [-0.05, 0) is 38.1 Å². The third-order valence-electron chi connectivity index (χ3n) is 4.26. The normalized spacial score (nSPS) is 15.1. The first-order valence-electron chi connectivity index (χ1n) is 8.43. The molecule has 2 aromatic rings. The minimum Gasteiger partial charge on any atom is -0.451 e. The summed E-state index contributed by atoms with van der Waals surface area (Å²) in [5.74, 6) is -2.45. The van der Waals surface area contributed by atoms with E-state index in [-0.39, 0.29) is 11.1 Å². The van der Waals surface area contributed by atoms with Crippen molar-refractivity contribution in [1.29, 1.82) is 0 Å². The summed E-state index contributed by atoms with van der Waals surface area (Å²) in [6.45, 7) is 2.82. The SMILES string of the molecule is C[C@H](C(=O)O[C@H](C)C(=O)Nc1ccccc1)N1C(=O)c2ccccc2C1=O. The number of amides is 3. The Morgan fingerprint density at radius 1 is 0.889 bits per heavy atom. The summed E-state index contributed by atoms with van der Waals surface area (Å²) in [4.78, 5) is 50.3. The lowest BCUT2D eigenvalue weighted by Crippen LogP contribution is -2.45. The highest BCUT2D eigenvalue weighted by molar-refractivity contribution is 6.22. The first-order valence-corrected chi connectivity index (χ1v) is 8.43. The van der Waals surface area contributed by atoms with E-state index in [4.69, 9.17) is 4.74 Å². The highest BCUT2D eigenvalue weighted by Crippen LogP contribution is 2.25. The maximum absolute atomic E-state index is 12.4. The average molecular weight is 366 g/mol. The fraction of sp³-hybridized carbons (Fsp3) is 0.200. The predicted octanol–water partition coefficient (Wildman–Crippen LogP) is 2.24. The van der Waals surface area contributed by atoms with Crippen molar-refractivity contribution in [2.75, 3.05) is 5.32 Å². The average Bonchev–Trinajstić information content (AvgIpc) is 2.93. The van der Waals surface area contributed by atoms with Gasteiger partial charge < -0.3 is 10.1 Å². The summed E-state index contributed by atoms with van der Waals surface area (Å²) < 4.78 is 5.16. The number of carbonyl (C=O) groups excluding carboxylic acids is 4. The van der Waals surface area contributed by atoms with E-state index < -0.39 is 35.8 Å². The number of fused-ring (bicyclic) bond motifs is 1. The standard InChI is InChI=1S/C20H18N2O5/c1-12(22-18(24)15-10-6-7-11-16(15)19(22)25)20(26)27-13(2)17(23)21-14-8-4-3-5-9-14/h3-13H,1-2H3,(H,21,23)/t12-,13-/m1/s1. The number of esters is 1. The van der Waals surface area contributed by atoms with Crippen molar-refractivity contribution in [1.82, 2.24) is 4.90 Å². The molecule has 2 aromatic carbocycles. The number of carbonyl (C=O) groups is 4. The smallest absolute Gasteiger partial charge is 0.329 e. The molecular weight excluding hydrogens is 348 g/mol. The molecule has 138 valence electrons. The fourth-order valence-electron chi connectivity index (χ4n) is 2.76. The predicted molar refractivity (Wildman–Crippen MR) is 97.0 cm³/mol. The Labute approximate surface area is 155 Å². The largest absolute Gasteiger partial charge is 0.451 e. The van der Waals surface area contributed by atoms with Gasteiger partial charge in [-0.2, -0.15) is 0 Å². The van der Waals surface area contributed by atoms with E-state index in [0.717, 1.165) is 4.90 Å². The molecule has 3 rings (SSSR count). The zero-order valence-electron chi connectivity index (χ0n) is 14.8. The molecule has 0 aliphatic carbocycles. The second-order valence-corrected chi connectivity index (χ2v) is 6.14. The molecule has 0 spiro atoms. The third-order valence-corrected chi connectivity index (χ3v) is 4.26. The van der Waals surface area contributed by atoms with Crippen LogP contribution in [0.5, 0.6) is 0 Å². The van der Waals surface area contributed by atoms with Gasteiger partial charge in [0.05, 0.1) is 11.1 Å². The van der Waals surface area contributed by atoms with Crippen molar-refractivity contribution < 1.29 is 23.9 Å². The second-order valence-electron chi connectivity index (χ2n) is 6.14. The van der Waals surface area contributed by atoms with Gasteiger partial charge in [0.1, 0.15) is 6.04 Å². The molecule has 1 heterocycles. The van der Waals surface area contributed by atoms with E-state index >= 15 is 0 Å². The fourth-order valence-corrected chi connectivity index (χ4v) is 2.76. The molecule has 1 aliphatic rings. The van der Waals surface area contributed by atoms with Crippen molar-refractivity contribution >= 4 is 29.4 Å². The molecule has 0 bridgehead atoms. The van der Waals surface area contributed by atoms with Crippen molar-refractivity contribution in [2.24, 2.45) is 0 Å². The molecule has 7 heteroatoms. The quantitative estimate of drug-likeness (QED) is 0.647. The van der Waals surface area contributed by atoms with Crippen molar-refractivity contribution in [3.63, 3.8) is 0 Å². The van der Waals surface area contributed by atoms with Crippen LogP contribution >= 0.6 is 0 Å². The molecule has 0 unspecified atom stereocenters. The van der Waals surface area contributed by atoms with Crippen LogP contribution in [-0.2, 0) is 14.3 Å². The van der Waals surface area contributed by atoms with Gasteiger partial charge in [-0.1, -0.05) is 30.3 Å². The Bertz CT molecular complexity index is 875. The lowest BCUT2D eigenvalue weighted by Gasteiger charge is -2.22. The van der Waals surface area contributed by atoms with Crippen LogP contribution in [0.4, 0.5) is 5.69 Å². The van der Waals surface area contributed by atoms with Gasteiger partial charge in [0.25, 0.3) is 17.7 Å². The second kappa shape index (κ2) is 7.41. The van der Waals surface area contributed by atoms with Crippen molar-refractivity contribution in [3.05, 3.63) is 65.7 Å². The summed E-state index contributed by atoms with van der Waals surface area (Å²) in [5, 5.41) is 2.62. The van der Waals surface area contributed by atoms with Gasteiger partial charge >= 0.3 is 5.97 Å². The number of nitrogens with one attached hydrogen (secondary N) is 1. The van der Waals surface area contributed by atoms with Crippen LogP contribution in [0.25, 0.3) is 0 Å². The molecule has 2 atom stereocenters. The van der Waals surface area contributed by atoms with Gasteiger partial charge in [-0.15, -0.1) is 0 Å². The number of rotatable bonds is 5. The monoisotopic (exact) mass is 366 g/mol. The van der Waals surface area contributed by atoms with Crippen LogP contribution in [0.3, 0.4) is 0 Å². The minimum atomic E-state index is -1.15. The molecule has 3 amide bonds. The van der Waals surface area contributed by atoms with Crippen LogP contribution in [0.15, 0.2) is 54.6 Å². The maximum atomic E-state index is 12.4. The molecule has 0 saturated carbocycles. The molecule has 0 aromatic heterocycles. The van der Waals surface area contributed by atoms with Crippen LogP contribution in [-0.4, -0.2) is 40.7 Å². The Hall–Kier alpha value is -3.48. The van der Waals surface area contributed by atoms with Crippen LogP contribution in [0.1, 0.15) is 34.6 Å². The number of hydrogen-bond donors (Lipinski definition) is 1. The molecule has 0 fully saturated rings. The van der Waals surface area contributed by atoms with Gasteiger partial charge in [0.2, 0.25) is 0 Å². The van der Waals surface area contributed by atoms with E-state index in [0.29, 0.717) is 5.69 Å². The molecule has 0 radical (unpaired) electrons. The van der Waals surface area contributed by atoms with E-state index in [1.165, 1.54) is 26.0 Å². The van der Waals surface area contributed by atoms with Gasteiger partial charge in [0, 0.05) is 5.69 Å². The molecule has 7 nitrogen and oxygen atoms in total. The molecule has 1 N–H and O–H groups in total. The molecule has 27 heavy (non-hydrogen) atoms. The van der Waals surface area contributed by atoms with Gasteiger partial charge in [0.15, 0.2) is 6.10 Å². The summed E-state index contributed by atoms with van der Waals surface area (Å²) in [6, 6.07) is 13.9. The molecular formula is C20H18N2O5. The lowest BCUT2D eigenvalue weighted by atomic mass is 10.1. The molecule has 1 aliphatic heterocycles. The van der Waals surface area contributed by atoms with Crippen LogP contribution < -0.4 is 5.32 Å². The number of para-hydroxylation sites is 1. The highest BCUT2D eigenvalue weighted by atomic mass is 16.5. The van der Waals surface area contributed by atoms with Gasteiger partial charge in [-0.25, -0.2) is 4.79 Å². The minimum absolute atomic E-state index is 0.247. The summed E-state index contributed by atoms with van der Waals surface area (Å²) in [5.41, 5.74) is 1.06. The first-order chi connectivity index (χ1) is 12.9. The summed E-state index contributed by atoms with van der Waals surface area (Å²) in [7, 11) is 0. The van der Waals surface area contributed by atoms with E-state index in [9.17, 15) is 19.2 Å². The van der Waals surface area contributed by atoms with E-state index in [1.54, 1.807) is 36.4 Å². The maximum Gasteiger partial charge on any atom is 0.329 e. The Balaban J connectivity index is 1.65. The van der Waals surface area contributed by atoms with Crippen molar-refractivity contribution in [3.8, 4) is 0 Å². The van der Waals surface area contributed by atoms with Gasteiger partial charge in [-0.3, -0.25) is 19.3 Å². The number of anilines is 1. The number of benzene rings is 2. The lowest BCUT2D eigenvalue weighted by molar-refractivity contribution is -0.156.